The van der Waals surface area contributed by atoms with Crippen molar-refractivity contribution in [1.82, 2.24) is 10.2 Å². The molecule has 2 heterocycles. The summed E-state index contributed by atoms with van der Waals surface area (Å²) in [5.74, 6) is 0.139. The zero-order chi connectivity index (χ0) is 15.5. The third-order valence-corrected chi connectivity index (χ3v) is 5.77. The molecule has 3 nitrogen and oxygen atoms in total. The van der Waals surface area contributed by atoms with Crippen LogP contribution in [0.4, 0.5) is 0 Å². The Hall–Kier alpha value is -1.17. The van der Waals surface area contributed by atoms with Gasteiger partial charge in [0.15, 0.2) is 0 Å². The molecule has 3 rings (SSSR count). The molecule has 1 aromatic heterocycles. The van der Waals surface area contributed by atoms with Crippen molar-refractivity contribution in [3.63, 3.8) is 0 Å². The van der Waals surface area contributed by atoms with Gasteiger partial charge in [0.2, 0.25) is 0 Å². The lowest BCUT2D eigenvalue weighted by Gasteiger charge is -2.31. The van der Waals surface area contributed by atoms with Crippen molar-refractivity contribution in [2.24, 2.45) is 0 Å². The van der Waals surface area contributed by atoms with Crippen molar-refractivity contribution < 1.29 is 4.79 Å². The smallest absolute Gasteiger partial charge is 0.263 e. The second-order valence-corrected chi connectivity index (χ2v) is 7.57. The third kappa shape index (κ3) is 3.42. The number of halogens is 1. The molecule has 0 atom stereocenters. The van der Waals surface area contributed by atoms with Gasteiger partial charge in [0.05, 0.1) is 4.88 Å². The molecule has 1 aromatic carbocycles. The number of thiophene rings is 1. The summed E-state index contributed by atoms with van der Waals surface area (Å²) in [5, 5.41) is 3.34. The normalized spacial score (nSPS) is 15.7. The van der Waals surface area contributed by atoms with Gasteiger partial charge in [-0.15, -0.1) is 11.3 Å². The quantitative estimate of drug-likeness (QED) is 0.874. The highest BCUT2D eigenvalue weighted by Crippen LogP contribution is 2.30. The average molecular weight is 379 g/mol. The van der Waals surface area contributed by atoms with E-state index in [-0.39, 0.29) is 5.91 Å². The molecule has 1 N–H and O–H groups in total. The van der Waals surface area contributed by atoms with Crippen LogP contribution in [0.2, 0.25) is 0 Å². The molecule has 0 unspecified atom stereocenters. The number of hydrogen-bond acceptors (Lipinski definition) is 3. The highest BCUT2D eigenvalue weighted by Gasteiger charge is 2.23. The molecule has 0 aliphatic carbocycles. The molecule has 1 saturated heterocycles. The molecule has 116 valence electrons. The van der Waals surface area contributed by atoms with Crippen molar-refractivity contribution in [2.75, 3.05) is 20.1 Å². The van der Waals surface area contributed by atoms with Crippen LogP contribution in [0.3, 0.4) is 0 Å². The van der Waals surface area contributed by atoms with Crippen LogP contribution < -0.4 is 5.32 Å². The standard InChI is InChI=1S/C17H19BrN2OS/c1-20(14-8-10-19-11-9-14)17(21)16-7-6-15(22-16)12-2-4-13(18)5-3-12/h2-7,14,19H,8-11H2,1H3. The summed E-state index contributed by atoms with van der Waals surface area (Å²) >= 11 is 5.02. The zero-order valence-corrected chi connectivity index (χ0v) is 14.9. The molecule has 0 radical (unpaired) electrons. The maximum absolute atomic E-state index is 12.7. The van der Waals surface area contributed by atoms with Gasteiger partial charge in [-0.1, -0.05) is 28.1 Å². The van der Waals surface area contributed by atoms with Crippen LogP contribution in [-0.4, -0.2) is 37.0 Å². The van der Waals surface area contributed by atoms with Crippen LogP contribution in [0.1, 0.15) is 22.5 Å². The molecule has 5 heteroatoms. The van der Waals surface area contributed by atoms with E-state index >= 15 is 0 Å². The summed E-state index contributed by atoms with van der Waals surface area (Å²) < 4.78 is 1.06. The van der Waals surface area contributed by atoms with E-state index in [1.807, 2.05) is 36.2 Å². The highest BCUT2D eigenvalue weighted by atomic mass is 79.9. The zero-order valence-electron chi connectivity index (χ0n) is 12.5. The lowest BCUT2D eigenvalue weighted by Crippen LogP contribution is -2.43. The Balaban J connectivity index is 1.75. The lowest BCUT2D eigenvalue weighted by atomic mass is 10.1. The van der Waals surface area contributed by atoms with Gasteiger partial charge in [-0.25, -0.2) is 0 Å². The number of carbonyl (C=O) groups excluding carboxylic acids is 1. The van der Waals surface area contributed by atoms with Gasteiger partial charge in [-0.2, -0.15) is 0 Å². The predicted octanol–water partition coefficient (Wildman–Crippen LogP) is 4.00. The fourth-order valence-corrected chi connectivity index (χ4v) is 4.01. The van der Waals surface area contributed by atoms with Crippen molar-refractivity contribution >= 4 is 33.2 Å². The van der Waals surface area contributed by atoms with Gasteiger partial charge < -0.3 is 10.2 Å². The average Bonchev–Trinajstić information content (AvgIpc) is 3.05. The van der Waals surface area contributed by atoms with E-state index in [9.17, 15) is 4.79 Å². The summed E-state index contributed by atoms with van der Waals surface area (Å²) in [7, 11) is 1.93. The molecule has 1 aliphatic heterocycles. The van der Waals surface area contributed by atoms with E-state index < -0.39 is 0 Å². The minimum atomic E-state index is 0.139. The molecule has 2 aromatic rings. The number of piperidine rings is 1. The van der Waals surface area contributed by atoms with Crippen LogP contribution >= 0.6 is 27.3 Å². The van der Waals surface area contributed by atoms with Crippen LogP contribution in [0.25, 0.3) is 10.4 Å². The maximum Gasteiger partial charge on any atom is 0.263 e. The number of rotatable bonds is 3. The van der Waals surface area contributed by atoms with Crippen LogP contribution in [0, 0.1) is 0 Å². The number of benzene rings is 1. The summed E-state index contributed by atoms with van der Waals surface area (Å²) in [5.41, 5.74) is 1.15. The second kappa shape index (κ2) is 6.94. The monoisotopic (exact) mass is 378 g/mol. The predicted molar refractivity (Wildman–Crippen MR) is 95.4 cm³/mol. The Bertz CT molecular complexity index is 647. The Labute approximate surface area is 143 Å². The topological polar surface area (TPSA) is 32.3 Å². The summed E-state index contributed by atoms with van der Waals surface area (Å²) in [6.07, 6.45) is 2.07. The van der Waals surface area contributed by atoms with E-state index in [4.69, 9.17) is 0 Å². The van der Waals surface area contributed by atoms with Gasteiger partial charge in [-0.3, -0.25) is 4.79 Å². The molecule has 0 bridgehead atoms. The van der Waals surface area contributed by atoms with Gasteiger partial charge >= 0.3 is 0 Å². The largest absolute Gasteiger partial charge is 0.338 e. The first-order chi connectivity index (χ1) is 10.6. The number of nitrogens with one attached hydrogen (secondary N) is 1. The first-order valence-electron chi connectivity index (χ1n) is 7.49. The Morgan fingerprint density at radius 1 is 1.18 bits per heavy atom. The van der Waals surface area contributed by atoms with Crippen molar-refractivity contribution in [1.29, 1.82) is 0 Å². The first kappa shape index (κ1) is 15.7. The summed E-state index contributed by atoms with van der Waals surface area (Å²) in [6, 6.07) is 12.5. The molecule has 0 saturated carbocycles. The molecule has 22 heavy (non-hydrogen) atoms. The molecule has 1 amide bonds. The van der Waals surface area contributed by atoms with Gasteiger partial charge in [-0.05, 0) is 55.8 Å². The SMILES string of the molecule is CN(C(=O)c1ccc(-c2ccc(Br)cc2)s1)C1CCNCC1. The molecule has 1 aliphatic rings. The van der Waals surface area contributed by atoms with E-state index in [2.05, 4.69) is 33.4 Å². The highest BCUT2D eigenvalue weighted by molar-refractivity contribution is 9.10. The summed E-state index contributed by atoms with van der Waals surface area (Å²) in [4.78, 5) is 16.5. The van der Waals surface area contributed by atoms with Crippen molar-refractivity contribution in [3.8, 4) is 10.4 Å². The third-order valence-electron chi connectivity index (χ3n) is 4.12. The first-order valence-corrected chi connectivity index (χ1v) is 9.10. The number of nitrogens with zero attached hydrogens (tertiary/aromatic N) is 1. The molecule has 0 spiro atoms. The fraction of sp³-hybridized carbons (Fsp3) is 0.353. The summed E-state index contributed by atoms with van der Waals surface area (Å²) in [6.45, 7) is 1.99. The van der Waals surface area contributed by atoms with Crippen LogP contribution in [0.15, 0.2) is 40.9 Å². The van der Waals surface area contributed by atoms with Gasteiger partial charge in [0.1, 0.15) is 0 Å². The second-order valence-electron chi connectivity index (χ2n) is 5.57. The molecular formula is C17H19BrN2OS. The lowest BCUT2D eigenvalue weighted by molar-refractivity contribution is 0.0708. The number of hydrogen-bond donors (Lipinski definition) is 1. The minimum Gasteiger partial charge on any atom is -0.338 e. The fourth-order valence-electron chi connectivity index (χ4n) is 2.76. The Morgan fingerprint density at radius 2 is 1.86 bits per heavy atom. The van der Waals surface area contributed by atoms with E-state index in [1.54, 1.807) is 11.3 Å². The van der Waals surface area contributed by atoms with Crippen molar-refractivity contribution in [3.05, 3.63) is 45.7 Å². The Morgan fingerprint density at radius 3 is 2.55 bits per heavy atom. The minimum absolute atomic E-state index is 0.139. The number of amides is 1. The molecule has 1 fully saturated rings. The Kier molecular flexibility index (Phi) is 4.96. The van der Waals surface area contributed by atoms with Gasteiger partial charge in [0.25, 0.3) is 5.91 Å². The van der Waals surface area contributed by atoms with E-state index in [0.29, 0.717) is 6.04 Å². The van der Waals surface area contributed by atoms with Crippen molar-refractivity contribution in [2.45, 2.75) is 18.9 Å². The maximum atomic E-state index is 12.7. The number of carbonyl (C=O) groups is 1. The van der Waals surface area contributed by atoms with Crippen LogP contribution in [-0.2, 0) is 0 Å². The van der Waals surface area contributed by atoms with E-state index in [1.165, 1.54) is 0 Å². The van der Waals surface area contributed by atoms with Crippen LogP contribution in [0.5, 0.6) is 0 Å². The molecular weight excluding hydrogens is 360 g/mol. The van der Waals surface area contributed by atoms with E-state index in [0.717, 1.165) is 45.7 Å². The van der Waals surface area contributed by atoms with Gasteiger partial charge in [0, 0.05) is 22.4 Å².